The second-order valence-corrected chi connectivity index (χ2v) is 9.16. The van der Waals surface area contributed by atoms with Crippen LogP contribution in [0.2, 0.25) is 0 Å². The average molecular weight is 499 g/mol. The third-order valence-electron chi connectivity index (χ3n) is 5.02. The first-order valence-electron chi connectivity index (χ1n) is 10.6. The molecule has 0 aromatic heterocycles. The largest absolute Gasteiger partial charge is 0.480 e. The van der Waals surface area contributed by atoms with Gasteiger partial charge in [0.15, 0.2) is 0 Å². The number of nitrogens with one attached hydrogen (secondary N) is 1. The maximum absolute atomic E-state index is 13.4. The normalized spacial score (nSPS) is 13.7. The Morgan fingerprint density at radius 3 is 2.24 bits per heavy atom. The molecule has 9 nitrogen and oxygen atoms in total. The number of hydrogen-bond donors (Lipinski definition) is 4. The molecule has 33 heavy (non-hydrogen) atoms. The van der Waals surface area contributed by atoms with Crippen molar-refractivity contribution in [2.24, 2.45) is 5.73 Å². The SMILES string of the molecule is CSCCC(NC(=O)C(C)N(C(=O)CN(C(=O)C(N)CS)C(C)C)c1ccccc1)C(=O)O. The molecule has 0 saturated carbocycles. The number of carbonyl (C=O) groups is 4. The van der Waals surface area contributed by atoms with E-state index in [1.807, 2.05) is 6.26 Å². The van der Waals surface area contributed by atoms with Gasteiger partial charge in [0.05, 0.1) is 6.04 Å². The summed E-state index contributed by atoms with van der Waals surface area (Å²) in [6, 6.07) is 5.31. The number of para-hydroxylation sites is 1. The van der Waals surface area contributed by atoms with E-state index in [0.717, 1.165) is 0 Å². The van der Waals surface area contributed by atoms with Gasteiger partial charge in [0, 0.05) is 17.5 Å². The number of thiol groups is 1. The highest BCUT2D eigenvalue weighted by Gasteiger charge is 2.33. The fourth-order valence-corrected chi connectivity index (χ4v) is 3.73. The van der Waals surface area contributed by atoms with Crippen LogP contribution in [0.15, 0.2) is 30.3 Å². The van der Waals surface area contributed by atoms with E-state index in [9.17, 15) is 24.3 Å². The predicted octanol–water partition coefficient (Wildman–Crippen LogP) is 1.22. The summed E-state index contributed by atoms with van der Waals surface area (Å²) in [5.41, 5.74) is 6.29. The summed E-state index contributed by atoms with van der Waals surface area (Å²) in [6.07, 6.45) is 2.10. The summed E-state index contributed by atoms with van der Waals surface area (Å²) in [5, 5.41) is 12.0. The second-order valence-electron chi connectivity index (χ2n) is 7.81. The standard InChI is InChI=1S/C22H34N4O5S2/c1-14(2)25(21(29)17(23)13-32)12-19(27)26(16-8-6-5-7-9-16)15(3)20(28)24-18(22(30)31)10-11-33-4/h5-9,14-15,17-18,32H,10-13,23H2,1-4H3,(H,24,28)(H,30,31). The van der Waals surface area contributed by atoms with Gasteiger partial charge in [-0.2, -0.15) is 24.4 Å². The molecule has 11 heteroatoms. The third-order valence-corrected chi connectivity index (χ3v) is 6.06. The number of amides is 3. The van der Waals surface area contributed by atoms with Gasteiger partial charge in [-0.25, -0.2) is 4.79 Å². The maximum Gasteiger partial charge on any atom is 0.326 e. The Bertz CT molecular complexity index is 809. The summed E-state index contributed by atoms with van der Waals surface area (Å²) < 4.78 is 0. The Morgan fingerprint density at radius 1 is 1.15 bits per heavy atom. The first-order chi connectivity index (χ1) is 15.5. The second kappa shape index (κ2) is 14.1. The van der Waals surface area contributed by atoms with Crippen molar-refractivity contribution in [3.05, 3.63) is 30.3 Å². The van der Waals surface area contributed by atoms with Gasteiger partial charge >= 0.3 is 5.97 Å². The number of carbonyl (C=O) groups excluding carboxylic acids is 3. The molecule has 0 radical (unpaired) electrons. The number of carboxylic acid groups (broad SMARTS) is 1. The van der Waals surface area contributed by atoms with E-state index in [0.29, 0.717) is 11.4 Å². The van der Waals surface area contributed by atoms with Gasteiger partial charge in [-0.15, -0.1) is 0 Å². The lowest BCUT2D eigenvalue weighted by atomic mass is 10.1. The van der Waals surface area contributed by atoms with Crippen LogP contribution in [0.25, 0.3) is 0 Å². The highest BCUT2D eigenvalue weighted by atomic mass is 32.2. The Labute approximate surface area is 204 Å². The van der Waals surface area contributed by atoms with Gasteiger partial charge in [0.2, 0.25) is 17.7 Å². The van der Waals surface area contributed by atoms with Crippen LogP contribution < -0.4 is 16.0 Å². The van der Waals surface area contributed by atoms with Crippen LogP contribution in [0.1, 0.15) is 27.2 Å². The van der Waals surface area contributed by atoms with E-state index in [1.165, 1.54) is 28.5 Å². The minimum atomic E-state index is -1.14. The van der Waals surface area contributed by atoms with Crippen molar-refractivity contribution in [1.29, 1.82) is 0 Å². The van der Waals surface area contributed by atoms with Crippen molar-refractivity contribution in [1.82, 2.24) is 10.2 Å². The summed E-state index contributed by atoms with van der Waals surface area (Å²) in [7, 11) is 0. The zero-order valence-electron chi connectivity index (χ0n) is 19.4. The number of thioether (sulfide) groups is 1. The Hall–Kier alpha value is -2.24. The van der Waals surface area contributed by atoms with E-state index in [2.05, 4.69) is 17.9 Å². The quantitative estimate of drug-likeness (QED) is 0.301. The fourth-order valence-electron chi connectivity index (χ4n) is 3.10. The van der Waals surface area contributed by atoms with E-state index in [-0.39, 0.29) is 24.8 Å². The van der Waals surface area contributed by atoms with Crippen molar-refractivity contribution >= 4 is 53.8 Å². The molecule has 3 atom stereocenters. The molecule has 1 rings (SSSR count). The van der Waals surface area contributed by atoms with Crippen molar-refractivity contribution in [2.75, 3.05) is 29.2 Å². The molecule has 0 fully saturated rings. The summed E-state index contributed by atoms with van der Waals surface area (Å²) in [5.74, 6) is -1.96. The van der Waals surface area contributed by atoms with Gasteiger partial charge in [-0.1, -0.05) is 18.2 Å². The van der Waals surface area contributed by atoms with Gasteiger partial charge in [0.25, 0.3) is 0 Å². The number of benzene rings is 1. The highest BCUT2D eigenvalue weighted by Crippen LogP contribution is 2.19. The van der Waals surface area contributed by atoms with Crippen LogP contribution in [0.3, 0.4) is 0 Å². The lowest BCUT2D eigenvalue weighted by Crippen LogP contribution is -2.56. The molecule has 1 aromatic rings. The molecule has 0 saturated heterocycles. The van der Waals surface area contributed by atoms with Crippen LogP contribution in [-0.4, -0.2) is 82.2 Å². The first kappa shape index (κ1) is 28.8. The predicted molar refractivity (Wildman–Crippen MR) is 135 cm³/mol. The lowest BCUT2D eigenvalue weighted by Gasteiger charge is -2.34. The molecule has 3 unspecified atom stereocenters. The van der Waals surface area contributed by atoms with Crippen LogP contribution in [0.4, 0.5) is 5.69 Å². The van der Waals surface area contributed by atoms with Crippen molar-refractivity contribution in [3.63, 3.8) is 0 Å². The van der Waals surface area contributed by atoms with Crippen LogP contribution in [-0.2, 0) is 19.2 Å². The highest BCUT2D eigenvalue weighted by molar-refractivity contribution is 7.98. The number of carboxylic acids is 1. The number of rotatable bonds is 13. The summed E-state index contributed by atoms with van der Waals surface area (Å²) >= 11 is 5.54. The van der Waals surface area contributed by atoms with Gasteiger partial charge in [-0.05, 0) is 51.3 Å². The summed E-state index contributed by atoms with van der Waals surface area (Å²) in [4.78, 5) is 53.2. The Balaban J connectivity index is 3.19. The van der Waals surface area contributed by atoms with Crippen molar-refractivity contribution in [2.45, 2.75) is 51.4 Å². The number of nitrogens with zero attached hydrogens (tertiary/aromatic N) is 2. The van der Waals surface area contributed by atoms with E-state index >= 15 is 0 Å². The zero-order chi connectivity index (χ0) is 25.1. The lowest BCUT2D eigenvalue weighted by molar-refractivity contribution is -0.142. The number of hydrogen-bond acceptors (Lipinski definition) is 7. The van der Waals surface area contributed by atoms with Gasteiger partial charge < -0.3 is 21.1 Å². The third kappa shape index (κ3) is 8.56. The molecule has 3 amide bonds. The first-order valence-corrected chi connectivity index (χ1v) is 12.6. The molecule has 1 aromatic carbocycles. The average Bonchev–Trinajstić information content (AvgIpc) is 2.79. The Kier molecular flexibility index (Phi) is 12.3. The van der Waals surface area contributed by atoms with Gasteiger partial charge in [0.1, 0.15) is 18.6 Å². The summed E-state index contributed by atoms with van der Waals surface area (Å²) in [6.45, 7) is 4.76. The molecule has 0 spiro atoms. The van der Waals surface area contributed by atoms with E-state index in [1.54, 1.807) is 44.2 Å². The zero-order valence-corrected chi connectivity index (χ0v) is 21.1. The molecule has 0 bridgehead atoms. The number of nitrogens with two attached hydrogens (primary N) is 1. The van der Waals surface area contributed by atoms with Gasteiger partial charge in [-0.3, -0.25) is 19.3 Å². The minimum Gasteiger partial charge on any atom is -0.480 e. The van der Waals surface area contributed by atoms with Crippen molar-refractivity contribution < 1.29 is 24.3 Å². The molecule has 0 aliphatic rings. The fraction of sp³-hybridized carbons (Fsp3) is 0.545. The minimum absolute atomic E-state index is 0.129. The number of aliphatic carboxylic acids is 1. The van der Waals surface area contributed by atoms with E-state index < -0.39 is 41.8 Å². The monoisotopic (exact) mass is 498 g/mol. The van der Waals surface area contributed by atoms with E-state index in [4.69, 9.17) is 5.73 Å². The van der Waals surface area contributed by atoms with Crippen LogP contribution >= 0.6 is 24.4 Å². The molecule has 4 N–H and O–H groups in total. The van der Waals surface area contributed by atoms with Crippen molar-refractivity contribution in [3.8, 4) is 0 Å². The smallest absolute Gasteiger partial charge is 0.326 e. The maximum atomic E-state index is 13.4. The molecule has 0 aliphatic carbocycles. The molecular formula is C22H34N4O5S2. The molecular weight excluding hydrogens is 464 g/mol. The van der Waals surface area contributed by atoms with Crippen LogP contribution in [0, 0.1) is 0 Å². The topological polar surface area (TPSA) is 133 Å². The molecule has 184 valence electrons. The Morgan fingerprint density at radius 2 is 1.76 bits per heavy atom. The van der Waals surface area contributed by atoms with Crippen LogP contribution in [0.5, 0.6) is 0 Å². The molecule has 0 aliphatic heterocycles. The number of anilines is 1. The molecule has 0 heterocycles.